The fourth-order valence-corrected chi connectivity index (χ4v) is 4.21. The summed E-state index contributed by atoms with van der Waals surface area (Å²) in [6.45, 7) is 0.754. The van der Waals surface area contributed by atoms with Crippen molar-refractivity contribution < 1.29 is 33.0 Å². The number of imidazole rings is 1. The zero-order valence-electron chi connectivity index (χ0n) is 15.8. The van der Waals surface area contributed by atoms with Crippen molar-refractivity contribution in [3.05, 3.63) is 48.3 Å². The van der Waals surface area contributed by atoms with Gasteiger partial charge in [0.2, 0.25) is 0 Å². The van der Waals surface area contributed by atoms with Crippen LogP contribution in [0.15, 0.2) is 37.1 Å². The van der Waals surface area contributed by atoms with E-state index >= 15 is 0 Å². The van der Waals surface area contributed by atoms with Gasteiger partial charge in [0.25, 0.3) is 12.4 Å². The predicted molar refractivity (Wildman–Crippen MR) is 97.3 cm³/mol. The van der Waals surface area contributed by atoms with E-state index in [9.17, 15) is 23.1 Å². The molecular formula is C19H21F3N4O4. The number of carboxylic acid groups (broad SMARTS) is 1. The summed E-state index contributed by atoms with van der Waals surface area (Å²) in [5.41, 5.74) is -0.867. The summed E-state index contributed by atoms with van der Waals surface area (Å²) in [7, 11) is 0. The van der Waals surface area contributed by atoms with Crippen molar-refractivity contribution in [3.63, 3.8) is 0 Å². The molecule has 1 aliphatic heterocycles. The Kier molecular flexibility index (Phi) is 6.40. The second-order valence-corrected chi connectivity index (χ2v) is 7.38. The molecule has 1 amide bonds. The van der Waals surface area contributed by atoms with Gasteiger partial charge in [-0.3, -0.25) is 14.6 Å². The molecule has 2 N–H and O–H groups in total. The maximum Gasteiger partial charge on any atom is 0.417 e. The van der Waals surface area contributed by atoms with Gasteiger partial charge in [-0.25, -0.2) is 4.98 Å². The first-order valence-electron chi connectivity index (χ1n) is 9.30. The van der Waals surface area contributed by atoms with Gasteiger partial charge in [-0.15, -0.1) is 0 Å². The fourth-order valence-electron chi connectivity index (χ4n) is 4.21. The number of aromatic nitrogens is 3. The number of aliphatic hydroxyl groups is 1. The normalized spacial score (nSPS) is 25.8. The molecule has 1 aliphatic carbocycles. The van der Waals surface area contributed by atoms with Crippen molar-refractivity contribution >= 4 is 12.4 Å². The molecule has 0 unspecified atom stereocenters. The van der Waals surface area contributed by atoms with Crippen molar-refractivity contribution in [2.45, 2.75) is 31.2 Å². The highest BCUT2D eigenvalue weighted by atomic mass is 19.4. The van der Waals surface area contributed by atoms with Gasteiger partial charge in [-0.2, -0.15) is 13.2 Å². The standard InChI is InChI=1S/C18H19F3N4O2.CH2O2/c19-18(20,21)13-1-2-14(23-7-13)17(27)25-8-11-5-15(24-4-3-22-10-24)16(26)6-12(11)9-25;2-1-3/h1-4,7,10-12,15-16,26H,5-6,8-9H2;1H,(H,2,3)/t11-,12+,15-,16-;/m1./s1. The van der Waals surface area contributed by atoms with Gasteiger partial charge < -0.3 is 19.7 Å². The Morgan fingerprint density at radius 2 is 1.87 bits per heavy atom. The molecule has 1 saturated heterocycles. The van der Waals surface area contributed by atoms with Gasteiger partial charge >= 0.3 is 6.18 Å². The Morgan fingerprint density at radius 3 is 2.40 bits per heavy atom. The molecular weight excluding hydrogens is 405 g/mol. The number of alkyl halides is 3. The van der Waals surface area contributed by atoms with E-state index < -0.39 is 17.8 Å². The number of nitrogens with zero attached hydrogens (tertiary/aromatic N) is 4. The molecule has 2 aromatic rings. The molecule has 8 nitrogen and oxygen atoms in total. The van der Waals surface area contributed by atoms with Crippen LogP contribution >= 0.6 is 0 Å². The molecule has 0 bridgehead atoms. The lowest BCUT2D eigenvalue weighted by Gasteiger charge is -2.35. The number of rotatable bonds is 2. The van der Waals surface area contributed by atoms with E-state index in [2.05, 4.69) is 9.97 Å². The molecule has 0 aromatic carbocycles. The highest BCUT2D eigenvalue weighted by Crippen LogP contribution is 2.41. The summed E-state index contributed by atoms with van der Waals surface area (Å²) in [5, 5.41) is 17.4. The van der Waals surface area contributed by atoms with Gasteiger partial charge in [0, 0.05) is 31.7 Å². The van der Waals surface area contributed by atoms with Gasteiger partial charge in [-0.05, 0) is 36.8 Å². The average molecular weight is 426 g/mol. The second-order valence-electron chi connectivity index (χ2n) is 7.38. The second kappa shape index (κ2) is 8.82. The van der Waals surface area contributed by atoms with Crippen molar-refractivity contribution in [2.24, 2.45) is 11.8 Å². The predicted octanol–water partition coefficient (Wildman–Crippen LogP) is 2.08. The van der Waals surface area contributed by atoms with Crippen molar-refractivity contribution in [2.75, 3.05) is 13.1 Å². The maximum absolute atomic E-state index is 12.6. The van der Waals surface area contributed by atoms with E-state index in [0.29, 0.717) is 25.7 Å². The van der Waals surface area contributed by atoms with E-state index in [-0.39, 0.29) is 36.0 Å². The molecule has 2 aliphatic rings. The number of halogens is 3. The summed E-state index contributed by atoms with van der Waals surface area (Å²) in [5.74, 6) is 0.0455. The number of fused-ring (bicyclic) bond motifs is 1. The topological polar surface area (TPSA) is 109 Å². The maximum atomic E-state index is 12.6. The summed E-state index contributed by atoms with van der Waals surface area (Å²) in [6.07, 6.45) is 2.17. The molecule has 162 valence electrons. The monoisotopic (exact) mass is 426 g/mol. The van der Waals surface area contributed by atoms with Crippen LogP contribution in [0.25, 0.3) is 0 Å². The van der Waals surface area contributed by atoms with Crippen molar-refractivity contribution in [1.82, 2.24) is 19.4 Å². The molecule has 1 saturated carbocycles. The molecule has 0 radical (unpaired) electrons. The molecule has 4 rings (SSSR count). The molecule has 2 aromatic heterocycles. The average Bonchev–Trinajstić information content (AvgIpc) is 3.36. The minimum absolute atomic E-state index is 0.00774. The first-order chi connectivity index (χ1) is 14.2. The molecule has 2 fully saturated rings. The third-order valence-electron chi connectivity index (χ3n) is 5.61. The Hall–Kier alpha value is -2.95. The van der Waals surface area contributed by atoms with Crippen molar-refractivity contribution in [1.29, 1.82) is 0 Å². The number of carbonyl (C=O) groups is 2. The summed E-state index contributed by atoms with van der Waals surface area (Å²) in [4.78, 5) is 30.4. The first-order valence-corrected chi connectivity index (χ1v) is 9.30. The third kappa shape index (κ3) is 4.61. The van der Waals surface area contributed by atoms with E-state index in [1.165, 1.54) is 0 Å². The smallest absolute Gasteiger partial charge is 0.417 e. The molecule has 4 atom stereocenters. The van der Waals surface area contributed by atoms with Crippen LogP contribution in [-0.4, -0.2) is 61.2 Å². The molecule has 3 heterocycles. The Morgan fingerprint density at radius 1 is 1.20 bits per heavy atom. The minimum atomic E-state index is -4.48. The quantitative estimate of drug-likeness (QED) is 0.712. The van der Waals surface area contributed by atoms with Crippen LogP contribution in [0.1, 0.15) is 34.9 Å². The number of aliphatic hydroxyl groups excluding tert-OH is 1. The van der Waals surface area contributed by atoms with E-state index in [1.54, 1.807) is 17.4 Å². The van der Waals surface area contributed by atoms with Gasteiger partial charge in [0.1, 0.15) is 5.69 Å². The van der Waals surface area contributed by atoms with Gasteiger partial charge in [0.05, 0.1) is 24.0 Å². The van der Waals surface area contributed by atoms with Crippen molar-refractivity contribution in [3.8, 4) is 0 Å². The summed E-state index contributed by atoms with van der Waals surface area (Å²) in [6, 6.07) is 1.92. The fraction of sp³-hybridized carbons (Fsp3) is 0.474. The van der Waals surface area contributed by atoms with E-state index in [0.717, 1.165) is 18.6 Å². The van der Waals surface area contributed by atoms with Crippen LogP contribution in [0, 0.1) is 11.8 Å². The number of pyridine rings is 1. The number of amides is 1. The zero-order chi connectivity index (χ0) is 21.9. The van der Waals surface area contributed by atoms with Crippen LogP contribution in [-0.2, 0) is 11.0 Å². The van der Waals surface area contributed by atoms with E-state index in [1.807, 2.05) is 10.8 Å². The van der Waals surface area contributed by atoms with Crippen LogP contribution in [0.4, 0.5) is 13.2 Å². The highest BCUT2D eigenvalue weighted by molar-refractivity contribution is 5.92. The zero-order valence-corrected chi connectivity index (χ0v) is 15.8. The highest BCUT2D eigenvalue weighted by Gasteiger charge is 2.43. The lowest BCUT2D eigenvalue weighted by molar-refractivity contribution is -0.137. The van der Waals surface area contributed by atoms with Gasteiger partial charge in [-0.1, -0.05) is 0 Å². The number of carbonyl (C=O) groups excluding carboxylic acids is 1. The number of hydrogen-bond donors (Lipinski definition) is 2. The lowest BCUT2D eigenvalue weighted by Crippen LogP contribution is -2.35. The Bertz CT molecular complexity index is 858. The molecule has 30 heavy (non-hydrogen) atoms. The van der Waals surface area contributed by atoms with Crippen LogP contribution in [0.5, 0.6) is 0 Å². The number of hydrogen-bond acceptors (Lipinski definition) is 5. The summed E-state index contributed by atoms with van der Waals surface area (Å²) >= 11 is 0. The summed E-state index contributed by atoms with van der Waals surface area (Å²) < 4.78 is 39.8. The Labute approximate surface area is 170 Å². The largest absolute Gasteiger partial charge is 0.483 e. The molecule has 11 heteroatoms. The van der Waals surface area contributed by atoms with Crippen LogP contribution < -0.4 is 0 Å². The van der Waals surface area contributed by atoms with E-state index in [4.69, 9.17) is 9.90 Å². The van der Waals surface area contributed by atoms with Crippen LogP contribution in [0.2, 0.25) is 0 Å². The molecule has 0 spiro atoms. The first kappa shape index (κ1) is 21.8. The van der Waals surface area contributed by atoms with Crippen LogP contribution in [0.3, 0.4) is 0 Å². The SMILES string of the molecule is O=C(c1ccc(C(F)(F)F)cn1)N1C[C@H]2C[C@@H](n3ccnc3)[C@H](O)C[C@H]2C1.O=CO. The van der Waals surface area contributed by atoms with Gasteiger partial charge in [0.15, 0.2) is 0 Å². The number of likely N-dealkylation sites (tertiary alicyclic amines) is 1. The third-order valence-corrected chi connectivity index (χ3v) is 5.61. The Balaban J connectivity index is 0.000000806. The minimum Gasteiger partial charge on any atom is -0.483 e. The lowest BCUT2D eigenvalue weighted by atomic mass is 9.77.